The van der Waals surface area contributed by atoms with Crippen molar-refractivity contribution < 1.29 is 9.53 Å². The van der Waals surface area contributed by atoms with Crippen LogP contribution in [0, 0.1) is 0 Å². The fourth-order valence-corrected chi connectivity index (χ4v) is 3.00. The maximum Gasteiger partial charge on any atom is 0.230 e. The second-order valence-corrected chi connectivity index (χ2v) is 6.52. The van der Waals surface area contributed by atoms with Crippen LogP contribution in [0.25, 0.3) is 0 Å². The molecular weight excluding hydrogens is 330 g/mol. The number of hydrogen-bond acceptors (Lipinski definition) is 3. The van der Waals surface area contributed by atoms with Gasteiger partial charge in [-0.05, 0) is 55.8 Å². The Labute approximate surface area is 146 Å². The van der Waals surface area contributed by atoms with E-state index in [0.717, 1.165) is 16.2 Å². The third-order valence-electron chi connectivity index (χ3n) is 3.23. The van der Waals surface area contributed by atoms with Crippen LogP contribution in [0.4, 0.5) is 0 Å². The average molecular weight is 350 g/mol. The molecule has 2 rings (SSSR count). The van der Waals surface area contributed by atoms with E-state index in [1.54, 1.807) is 0 Å². The highest BCUT2D eigenvalue weighted by Gasteiger charge is 2.10. The SMILES string of the molecule is CCOc1ccc(SCC(=O)N[C@H](C)c2cccc(Cl)c2)cc1. The Morgan fingerprint density at radius 3 is 2.65 bits per heavy atom. The highest BCUT2D eigenvalue weighted by atomic mass is 35.5. The first-order valence-corrected chi connectivity index (χ1v) is 8.85. The van der Waals surface area contributed by atoms with Gasteiger partial charge in [0.15, 0.2) is 0 Å². The van der Waals surface area contributed by atoms with Crippen molar-refractivity contribution in [1.82, 2.24) is 5.32 Å². The summed E-state index contributed by atoms with van der Waals surface area (Å²) in [7, 11) is 0. The second kappa shape index (κ2) is 8.85. The lowest BCUT2D eigenvalue weighted by atomic mass is 10.1. The number of ether oxygens (including phenoxy) is 1. The Morgan fingerprint density at radius 1 is 1.26 bits per heavy atom. The van der Waals surface area contributed by atoms with Crippen LogP contribution in [0.2, 0.25) is 5.02 Å². The van der Waals surface area contributed by atoms with Gasteiger partial charge in [-0.1, -0.05) is 23.7 Å². The van der Waals surface area contributed by atoms with Crippen LogP contribution in [-0.4, -0.2) is 18.3 Å². The number of carbonyl (C=O) groups is 1. The summed E-state index contributed by atoms with van der Waals surface area (Å²) in [6.45, 7) is 4.55. The van der Waals surface area contributed by atoms with Crippen molar-refractivity contribution in [2.24, 2.45) is 0 Å². The van der Waals surface area contributed by atoms with Crippen molar-refractivity contribution >= 4 is 29.3 Å². The zero-order valence-electron chi connectivity index (χ0n) is 13.2. The van der Waals surface area contributed by atoms with E-state index in [1.807, 2.05) is 62.4 Å². The van der Waals surface area contributed by atoms with Gasteiger partial charge in [-0.3, -0.25) is 4.79 Å². The number of rotatable bonds is 7. The van der Waals surface area contributed by atoms with Crippen LogP contribution in [-0.2, 0) is 4.79 Å². The summed E-state index contributed by atoms with van der Waals surface area (Å²) in [5, 5.41) is 3.66. The highest BCUT2D eigenvalue weighted by molar-refractivity contribution is 8.00. The van der Waals surface area contributed by atoms with E-state index in [2.05, 4.69) is 5.32 Å². The molecule has 0 saturated carbocycles. The van der Waals surface area contributed by atoms with Crippen LogP contribution < -0.4 is 10.1 Å². The molecule has 0 aliphatic carbocycles. The van der Waals surface area contributed by atoms with Crippen molar-refractivity contribution in [3.63, 3.8) is 0 Å². The van der Waals surface area contributed by atoms with E-state index in [0.29, 0.717) is 17.4 Å². The van der Waals surface area contributed by atoms with Gasteiger partial charge in [-0.2, -0.15) is 0 Å². The minimum Gasteiger partial charge on any atom is -0.494 e. The Morgan fingerprint density at radius 2 is 2.00 bits per heavy atom. The van der Waals surface area contributed by atoms with E-state index in [-0.39, 0.29) is 11.9 Å². The van der Waals surface area contributed by atoms with E-state index < -0.39 is 0 Å². The molecule has 122 valence electrons. The highest BCUT2D eigenvalue weighted by Crippen LogP contribution is 2.22. The smallest absolute Gasteiger partial charge is 0.230 e. The van der Waals surface area contributed by atoms with Gasteiger partial charge in [0.2, 0.25) is 5.91 Å². The molecule has 2 aromatic carbocycles. The van der Waals surface area contributed by atoms with Crippen molar-refractivity contribution in [1.29, 1.82) is 0 Å². The normalized spacial score (nSPS) is 11.8. The molecule has 1 atom stereocenters. The first kappa shape index (κ1) is 17.7. The maximum absolute atomic E-state index is 12.1. The third kappa shape index (κ3) is 5.81. The lowest BCUT2D eigenvalue weighted by Crippen LogP contribution is -2.28. The Kier molecular flexibility index (Phi) is 6.81. The number of carbonyl (C=O) groups excluding carboxylic acids is 1. The van der Waals surface area contributed by atoms with Gasteiger partial charge in [0.1, 0.15) is 5.75 Å². The molecule has 0 saturated heterocycles. The largest absolute Gasteiger partial charge is 0.494 e. The Hall–Kier alpha value is -1.65. The van der Waals surface area contributed by atoms with E-state index in [4.69, 9.17) is 16.3 Å². The fourth-order valence-electron chi connectivity index (χ4n) is 2.09. The van der Waals surface area contributed by atoms with Crippen LogP contribution in [0.1, 0.15) is 25.5 Å². The van der Waals surface area contributed by atoms with Crippen molar-refractivity contribution in [2.45, 2.75) is 24.8 Å². The van der Waals surface area contributed by atoms with Crippen LogP contribution in [0.3, 0.4) is 0 Å². The van der Waals surface area contributed by atoms with Crippen LogP contribution in [0.15, 0.2) is 53.4 Å². The number of hydrogen-bond donors (Lipinski definition) is 1. The minimum absolute atomic E-state index is 0.00337. The molecule has 0 radical (unpaired) electrons. The molecule has 0 bridgehead atoms. The van der Waals surface area contributed by atoms with Gasteiger partial charge in [-0.25, -0.2) is 0 Å². The van der Waals surface area contributed by atoms with Crippen molar-refractivity contribution in [3.05, 3.63) is 59.1 Å². The number of benzene rings is 2. The number of thioether (sulfide) groups is 1. The average Bonchev–Trinajstić information content (AvgIpc) is 2.54. The van der Waals surface area contributed by atoms with Gasteiger partial charge in [0.05, 0.1) is 18.4 Å². The molecule has 3 nitrogen and oxygen atoms in total. The number of halogens is 1. The molecule has 1 N–H and O–H groups in total. The van der Waals surface area contributed by atoms with Crippen molar-refractivity contribution in [2.75, 3.05) is 12.4 Å². The first-order valence-electron chi connectivity index (χ1n) is 7.49. The van der Waals surface area contributed by atoms with Crippen LogP contribution in [0.5, 0.6) is 5.75 Å². The van der Waals surface area contributed by atoms with E-state index in [1.165, 1.54) is 11.8 Å². The summed E-state index contributed by atoms with van der Waals surface area (Å²) in [4.78, 5) is 13.1. The third-order valence-corrected chi connectivity index (χ3v) is 4.48. The molecule has 2 aromatic rings. The molecule has 0 aliphatic rings. The molecule has 1 amide bonds. The number of nitrogens with one attached hydrogen (secondary N) is 1. The molecule has 0 heterocycles. The molecule has 0 fully saturated rings. The summed E-state index contributed by atoms with van der Waals surface area (Å²) in [6, 6.07) is 15.2. The van der Waals surface area contributed by atoms with Gasteiger partial charge >= 0.3 is 0 Å². The molecule has 5 heteroatoms. The summed E-state index contributed by atoms with van der Waals surface area (Å²) >= 11 is 7.48. The monoisotopic (exact) mass is 349 g/mol. The zero-order chi connectivity index (χ0) is 16.7. The Bertz CT molecular complexity index is 646. The van der Waals surface area contributed by atoms with E-state index >= 15 is 0 Å². The molecule has 0 unspecified atom stereocenters. The lowest BCUT2D eigenvalue weighted by Gasteiger charge is -2.14. The summed E-state index contributed by atoms with van der Waals surface area (Å²) in [5.74, 6) is 1.21. The van der Waals surface area contributed by atoms with Gasteiger partial charge < -0.3 is 10.1 Å². The maximum atomic E-state index is 12.1. The van der Waals surface area contributed by atoms with Gasteiger partial charge in [0, 0.05) is 9.92 Å². The molecular formula is C18H20ClNO2S. The molecule has 0 aliphatic heterocycles. The number of amides is 1. The van der Waals surface area contributed by atoms with Gasteiger partial charge in [-0.15, -0.1) is 11.8 Å². The topological polar surface area (TPSA) is 38.3 Å². The standard InChI is InChI=1S/C18H20ClNO2S/c1-3-22-16-7-9-17(10-8-16)23-12-18(21)20-13(2)14-5-4-6-15(19)11-14/h4-11,13H,3,12H2,1-2H3,(H,20,21)/t13-/m1/s1. The Balaban J connectivity index is 1.82. The summed E-state index contributed by atoms with van der Waals surface area (Å²) < 4.78 is 5.40. The lowest BCUT2D eigenvalue weighted by molar-refractivity contribution is -0.119. The minimum atomic E-state index is -0.0675. The predicted molar refractivity (Wildman–Crippen MR) is 96.3 cm³/mol. The van der Waals surface area contributed by atoms with Crippen LogP contribution >= 0.6 is 23.4 Å². The van der Waals surface area contributed by atoms with Gasteiger partial charge in [0.25, 0.3) is 0 Å². The first-order chi connectivity index (χ1) is 11.1. The molecule has 0 aromatic heterocycles. The second-order valence-electron chi connectivity index (χ2n) is 5.04. The fraction of sp³-hybridized carbons (Fsp3) is 0.278. The zero-order valence-corrected chi connectivity index (χ0v) is 14.8. The molecule has 0 spiro atoms. The summed E-state index contributed by atoms with van der Waals surface area (Å²) in [5.41, 5.74) is 0.997. The predicted octanol–water partition coefficient (Wildman–Crippen LogP) is 4.71. The quantitative estimate of drug-likeness (QED) is 0.736. The summed E-state index contributed by atoms with van der Waals surface area (Å²) in [6.07, 6.45) is 0. The van der Waals surface area contributed by atoms with E-state index in [9.17, 15) is 4.79 Å². The molecule has 23 heavy (non-hydrogen) atoms. The van der Waals surface area contributed by atoms with Crippen molar-refractivity contribution in [3.8, 4) is 5.75 Å².